The molecule has 0 aliphatic carbocycles. The Hall–Kier alpha value is -0.640. The minimum Gasteiger partial charge on any atom is -0.309 e. The molecule has 0 saturated carbocycles. The summed E-state index contributed by atoms with van der Waals surface area (Å²) < 4.78 is 1.18. The Morgan fingerprint density at radius 2 is 1.94 bits per heavy atom. The third kappa shape index (κ3) is 2.79. The molecule has 2 rings (SSSR count). The normalized spacial score (nSPS) is 12.6. The van der Waals surface area contributed by atoms with E-state index in [0.29, 0.717) is 0 Å². The Morgan fingerprint density at radius 3 is 2.41 bits per heavy atom. The van der Waals surface area contributed by atoms with E-state index in [0.717, 1.165) is 6.42 Å². The maximum Gasteiger partial charge on any atom is 0.0593 e. The molecule has 0 radical (unpaired) electrons. The number of hydrogen-bond acceptors (Lipinski definition) is 2. The second-order valence-corrected chi connectivity index (χ2v) is 5.59. The molecule has 1 N–H and O–H groups in total. The first-order chi connectivity index (χ1) is 8.26. The fraction of sp³-hybridized carbons (Fsp3) is 0.286. The number of nitrogens with one attached hydrogen (secondary N) is 1. The molecular weight excluding hydrogens is 294 g/mol. The van der Waals surface area contributed by atoms with Crippen LogP contribution in [-0.4, -0.2) is 7.05 Å². The molecule has 1 aromatic carbocycles. The van der Waals surface area contributed by atoms with Gasteiger partial charge in [-0.3, -0.25) is 0 Å². The van der Waals surface area contributed by atoms with Gasteiger partial charge in [-0.25, -0.2) is 0 Å². The van der Waals surface area contributed by atoms with E-state index >= 15 is 0 Å². The highest BCUT2D eigenvalue weighted by molar-refractivity contribution is 9.10. The minimum atomic E-state index is 0.265. The molecule has 0 aliphatic rings. The summed E-state index contributed by atoms with van der Waals surface area (Å²) in [7, 11) is 2.00. The summed E-state index contributed by atoms with van der Waals surface area (Å²) >= 11 is 5.33. The van der Waals surface area contributed by atoms with Gasteiger partial charge in [0.05, 0.1) is 6.04 Å². The second-order valence-electron chi connectivity index (χ2n) is 3.99. The summed E-state index contributed by atoms with van der Waals surface area (Å²) in [5.74, 6) is 0. The highest BCUT2D eigenvalue weighted by Crippen LogP contribution is 2.31. The molecule has 1 heterocycles. The predicted molar refractivity (Wildman–Crippen MR) is 78.7 cm³/mol. The molecule has 0 amide bonds. The fourth-order valence-electron chi connectivity index (χ4n) is 1.94. The summed E-state index contributed by atoms with van der Waals surface area (Å²) in [6.07, 6.45) is 1.09. The van der Waals surface area contributed by atoms with Crippen LogP contribution < -0.4 is 5.32 Å². The molecule has 0 aliphatic heterocycles. The van der Waals surface area contributed by atoms with Crippen LogP contribution in [0.1, 0.15) is 29.7 Å². The molecule has 0 bridgehead atoms. The second kappa shape index (κ2) is 5.80. The average Bonchev–Trinajstić information content (AvgIpc) is 2.78. The lowest BCUT2D eigenvalue weighted by molar-refractivity contribution is 0.691. The molecule has 90 valence electrons. The van der Waals surface area contributed by atoms with Gasteiger partial charge >= 0.3 is 0 Å². The van der Waals surface area contributed by atoms with Crippen LogP contribution in [-0.2, 0) is 6.42 Å². The maximum atomic E-state index is 3.60. The third-order valence-electron chi connectivity index (χ3n) is 2.96. The zero-order chi connectivity index (χ0) is 12.3. The van der Waals surface area contributed by atoms with Gasteiger partial charge < -0.3 is 5.32 Å². The van der Waals surface area contributed by atoms with Crippen molar-refractivity contribution in [3.05, 3.63) is 56.2 Å². The average molecular weight is 310 g/mol. The van der Waals surface area contributed by atoms with Gasteiger partial charge in [0.25, 0.3) is 0 Å². The van der Waals surface area contributed by atoms with Crippen LogP contribution in [0.5, 0.6) is 0 Å². The first kappa shape index (κ1) is 12.8. The van der Waals surface area contributed by atoms with Gasteiger partial charge in [0, 0.05) is 9.85 Å². The molecule has 0 spiro atoms. The van der Waals surface area contributed by atoms with Crippen LogP contribution >= 0.6 is 27.3 Å². The standard InChI is InChI=1S/C14H16BrNS/c1-3-10-4-6-11(7-5-10)14(16-2)12-8-17-9-13(12)15/h4-9,14,16H,3H2,1-2H3. The third-order valence-corrected chi connectivity index (χ3v) is 4.71. The molecule has 0 saturated heterocycles. The van der Waals surface area contributed by atoms with Crippen LogP contribution in [0, 0.1) is 0 Å². The lowest BCUT2D eigenvalue weighted by atomic mass is 10.00. The lowest BCUT2D eigenvalue weighted by Crippen LogP contribution is -2.17. The van der Waals surface area contributed by atoms with Gasteiger partial charge in [-0.2, -0.15) is 11.3 Å². The van der Waals surface area contributed by atoms with E-state index in [1.165, 1.54) is 21.2 Å². The van der Waals surface area contributed by atoms with E-state index in [2.05, 4.69) is 63.2 Å². The predicted octanol–water partition coefficient (Wildman–Crippen LogP) is 4.38. The Balaban J connectivity index is 2.32. The number of hydrogen-bond donors (Lipinski definition) is 1. The number of thiophene rings is 1. The largest absolute Gasteiger partial charge is 0.309 e. The number of benzene rings is 1. The van der Waals surface area contributed by atoms with Crippen LogP contribution in [0.25, 0.3) is 0 Å². The fourth-order valence-corrected chi connectivity index (χ4v) is 3.50. The zero-order valence-electron chi connectivity index (χ0n) is 10.0. The van der Waals surface area contributed by atoms with E-state index < -0.39 is 0 Å². The van der Waals surface area contributed by atoms with Crippen molar-refractivity contribution in [3.63, 3.8) is 0 Å². The van der Waals surface area contributed by atoms with Gasteiger partial charge in [-0.1, -0.05) is 31.2 Å². The van der Waals surface area contributed by atoms with Gasteiger partial charge in [-0.15, -0.1) is 0 Å². The van der Waals surface area contributed by atoms with E-state index in [1.807, 2.05) is 7.05 Å². The molecule has 1 nitrogen and oxygen atoms in total. The first-order valence-electron chi connectivity index (χ1n) is 5.74. The number of halogens is 1. The molecular formula is C14H16BrNS. The molecule has 2 aromatic rings. The maximum absolute atomic E-state index is 3.60. The molecule has 3 heteroatoms. The van der Waals surface area contributed by atoms with Crippen molar-refractivity contribution in [2.75, 3.05) is 7.05 Å². The van der Waals surface area contributed by atoms with Gasteiger partial charge in [0.1, 0.15) is 0 Å². The smallest absolute Gasteiger partial charge is 0.0593 e. The topological polar surface area (TPSA) is 12.0 Å². The van der Waals surface area contributed by atoms with Crippen molar-refractivity contribution in [2.24, 2.45) is 0 Å². The number of rotatable bonds is 4. The van der Waals surface area contributed by atoms with Crippen LogP contribution in [0.3, 0.4) is 0 Å². The summed E-state index contributed by atoms with van der Waals surface area (Å²) in [5, 5.41) is 7.69. The Kier molecular flexibility index (Phi) is 4.37. The summed E-state index contributed by atoms with van der Waals surface area (Å²) in [6, 6.07) is 9.11. The quantitative estimate of drug-likeness (QED) is 0.883. The van der Waals surface area contributed by atoms with Crippen molar-refractivity contribution in [1.82, 2.24) is 5.32 Å². The van der Waals surface area contributed by atoms with E-state index in [4.69, 9.17) is 0 Å². The van der Waals surface area contributed by atoms with Crippen LogP contribution in [0.4, 0.5) is 0 Å². The molecule has 1 atom stereocenters. The van der Waals surface area contributed by atoms with Crippen molar-refractivity contribution < 1.29 is 0 Å². The van der Waals surface area contributed by atoms with E-state index in [-0.39, 0.29) is 6.04 Å². The highest BCUT2D eigenvalue weighted by atomic mass is 79.9. The SMILES string of the molecule is CCc1ccc(C(NC)c2cscc2Br)cc1. The van der Waals surface area contributed by atoms with Crippen LogP contribution in [0.15, 0.2) is 39.5 Å². The molecule has 17 heavy (non-hydrogen) atoms. The van der Waals surface area contributed by atoms with Gasteiger partial charge in [-0.05, 0) is 51.5 Å². The Bertz CT molecular complexity index is 475. The van der Waals surface area contributed by atoms with Crippen LogP contribution in [0.2, 0.25) is 0 Å². The Morgan fingerprint density at radius 1 is 1.24 bits per heavy atom. The minimum absolute atomic E-state index is 0.265. The summed E-state index contributed by atoms with van der Waals surface area (Å²) in [5.41, 5.74) is 4.00. The lowest BCUT2D eigenvalue weighted by Gasteiger charge is -2.16. The van der Waals surface area contributed by atoms with E-state index in [9.17, 15) is 0 Å². The van der Waals surface area contributed by atoms with Crippen molar-refractivity contribution in [1.29, 1.82) is 0 Å². The molecule has 1 aromatic heterocycles. The van der Waals surface area contributed by atoms with E-state index in [1.54, 1.807) is 11.3 Å². The van der Waals surface area contributed by atoms with Gasteiger partial charge in [0.15, 0.2) is 0 Å². The van der Waals surface area contributed by atoms with Gasteiger partial charge in [0.2, 0.25) is 0 Å². The highest BCUT2D eigenvalue weighted by Gasteiger charge is 2.15. The Labute approximate surface area is 115 Å². The summed E-state index contributed by atoms with van der Waals surface area (Å²) in [4.78, 5) is 0. The zero-order valence-corrected chi connectivity index (χ0v) is 12.4. The van der Waals surface area contributed by atoms with Crippen molar-refractivity contribution in [3.8, 4) is 0 Å². The molecule has 0 fully saturated rings. The van der Waals surface area contributed by atoms with Crippen molar-refractivity contribution >= 4 is 27.3 Å². The number of aryl methyl sites for hydroxylation is 1. The van der Waals surface area contributed by atoms with Crippen molar-refractivity contribution in [2.45, 2.75) is 19.4 Å². The first-order valence-corrected chi connectivity index (χ1v) is 7.47. The molecule has 1 unspecified atom stereocenters. The monoisotopic (exact) mass is 309 g/mol. The summed E-state index contributed by atoms with van der Waals surface area (Å²) in [6.45, 7) is 2.18.